The van der Waals surface area contributed by atoms with E-state index in [-0.39, 0.29) is 12.6 Å². The molecule has 1 saturated carbocycles. The molecule has 0 amide bonds. The van der Waals surface area contributed by atoms with Crippen LogP contribution in [0.25, 0.3) is 0 Å². The molecule has 2 nitrogen and oxygen atoms in total. The molecule has 0 radical (unpaired) electrons. The van der Waals surface area contributed by atoms with Crippen molar-refractivity contribution >= 4 is 0 Å². The second-order valence-corrected chi connectivity index (χ2v) is 5.75. The van der Waals surface area contributed by atoms with Crippen LogP contribution in [0.3, 0.4) is 0 Å². The third-order valence-corrected chi connectivity index (χ3v) is 3.97. The summed E-state index contributed by atoms with van der Waals surface area (Å²) >= 11 is 0. The van der Waals surface area contributed by atoms with Gasteiger partial charge in [0.25, 0.3) is 5.56 Å². The van der Waals surface area contributed by atoms with Gasteiger partial charge in [0.15, 0.2) is 0 Å². The summed E-state index contributed by atoms with van der Waals surface area (Å²) in [7, 11) is 0. The molecule has 1 fully saturated rings. The van der Waals surface area contributed by atoms with Gasteiger partial charge in [-0.3, -0.25) is 4.79 Å². The highest BCUT2D eigenvalue weighted by molar-refractivity contribution is 5.24. The SMILES string of the molecule is CC1CC1CCCn1cc(C(F)(F)F)cc(C(F)(F)F)c1=O. The van der Waals surface area contributed by atoms with Gasteiger partial charge < -0.3 is 4.57 Å². The molecule has 0 bridgehead atoms. The first-order valence-corrected chi connectivity index (χ1v) is 6.89. The van der Waals surface area contributed by atoms with Gasteiger partial charge in [-0.15, -0.1) is 0 Å². The molecule has 1 heterocycles. The van der Waals surface area contributed by atoms with Gasteiger partial charge in [-0.1, -0.05) is 6.92 Å². The summed E-state index contributed by atoms with van der Waals surface area (Å²) in [5, 5.41) is 0. The Hall–Kier alpha value is -1.47. The molecule has 0 saturated heterocycles. The summed E-state index contributed by atoms with van der Waals surface area (Å²) < 4.78 is 76.8. The van der Waals surface area contributed by atoms with E-state index < -0.39 is 29.0 Å². The quantitative estimate of drug-likeness (QED) is 0.755. The molecule has 1 aliphatic rings. The van der Waals surface area contributed by atoms with E-state index in [1.54, 1.807) is 0 Å². The van der Waals surface area contributed by atoms with Gasteiger partial charge in [-0.2, -0.15) is 26.3 Å². The van der Waals surface area contributed by atoms with Crippen LogP contribution in [0, 0.1) is 11.8 Å². The topological polar surface area (TPSA) is 22.0 Å². The lowest BCUT2D eigenvalue weighted by Gasteiger charge is -2.15. The van der Waals surface area contributed by atoms with Crippen LogP contribution in [0.4, 0.5) is 26.3 Å². The highest BCUT2D eigenvalue weighted by Crippen LogP contribution is 2.41. The zero-order valence-electron chi connectivity index (χ0n) is 11.8. The lowest BCUT2D eigenvalue weighted by Crippen LogP contribution is -2.30. The summed E-state index contributed by atoms with van der Waals surface area (Å²) in [6.07, 6.45) is -7.47. The van der Waals surface area contributed by atoms with Crippen LogP contribution in [0.5, 0.6) is 0 Å². The normalized spacial score (nSPS) is 22.0. The molecule has 22 heavy (non-hydrogen) atoms. The average Bonchev–Trinajstić information content (AvgIpc) is 3.04. The Balaban J connectivity index is 2.28. The minimum atomic E-state index is -5.11. The number of pyridine rings is 1. The lowest BCUT2D eigenvalue weighted by atomic mass is 10.1. The Bertz CT molecular complexity index is 601. The summed E-state index contributed by atoms with van der Waals surface area (Å²) in [4.78, 5) is 11.7. The van der Waals surface area contributed by atoms with Crippen molar-refractivity contribution in [2.45, 2.75) is 45.1 Å². The van der Waals surface area contributed by atoms with E-state index in [1.165, 1.54) is 0 Å². The fraction of sp³-hybridized carbons (Fsp3) is 0.643. The maximum atomic E-state index is 12.7. The van der Waals surface area contributed by atoms with Crippen molar-refractivity contribution in [3.63, 3.8) is 0 Å². The van der Waals surface area contributed by atoms with Gasteiger partial charge in [-0.25, -0.2) is 0 Å². The minimum absolute atomic E-state index is 0.123. The first-order chi connectivity index (χ1) is 10.00. The van der Waals surface area contributed by atoms with Crippen LogP contribution >= 0.6 is 0 Å². The predicted molar refractivity (Wildman–Crippen MR) is 67.2 cm³/mol. The molecule has 0 aliphatic heterocycles. The van der Waals surface area contributed by atoms with Gasteiger partial charge in [-0.05, 0) is 37.2 Å². The molecular weight excluding hydrogens is 312 g/mol. The molecule has 2 rings (SSSR count). The fourth-order valence-corrected chi connectivity index (χ4v) is 2.49. The maximum Gasteiger partial charge on any atom is 0.421 e. The van der Waals surface area contributed by atoms with Gasteiger partial charge >= 0.3 is 12.4 Å². The standard InChI is InChI=1S/C14H15F6NO/c1-8-5-9(8)3-2-4-21-7-10(13(15,16)17)6-11(12(21)22)14(18,19)20/h6-9H,2-5H2,1H3. The fourth-order valence-electron chi connectivity index (χ4n) is 2.49. The van der Waals surface area contributed by atoms with Crippen molar-refractivity contribution in [2.75, 3.05) is 0 Å². The summed E-state index contributed by atoms with van der Waals surface area (Å²) in [6.45, 7) is 1.89. The molecule has 2 unspecified atom stereocenters. The van der Waals surface area contributed by atoms with Gasteiger partial charge in [0.05, 0.1) is 5.56 Å². The molecule has 0 spiro atoms. The molecular formula is C14H15F6NO. The van der Waals surface area contributed by atoms with E-state index in [1.807, 2.05) is 6.92 Å². The largest absolute Gasteiger partial charge is 0.421 e. The van der Waals surface area contributed by atoms with Crippen molar-refractivity contribution in [1.82, 2.24) is 4.57 Å². The second kappa shape index (κ2) is 5.62. The van der Waals surface area contributed by atoms with E-state index in [4.69, 9.17) is 0 Å². The second-order valence-electron chi connectivity index (χ2n) is 5.75. The zero-order chi connectivity index (χ0) is 16.7. The molecule has 0 N–H and O–H groups in total. The summed E-state index contributed by atoms with van der Waals surface area (Å²) in [6, 6.07) is -0.123. The van der Waals surface area contributed by atoms with Crippen LogP contribution in [0.1, 0.15) is 37.3 Å². The molecule has 0 aromatic carbocycles. The highest BCUT2D eigenvalue weighted by Gasteiger charge is 2.39. The maximum absolute atomic E-state index is 12.7. The Morgan fingerprint density at radius 2 is 1.77 bits per heavy atom. The number of hydrogen-bond acceptors (Lipinski definition) is 1. The Morgan fingerprint density at radius 1 is 1.18 bits per heavy atom. The molecule has 1 aromatic heterocycles. The first-order valence-electron chi connectivity index (χ1n) is 6.89. The van der Waals surface area contributed by atoms with Crippen LogP contribution in [0.15, 0.2) is 17.1 Å². The van der Waals surface area contributed by atoms with E-state index >= 15 is 0 Å². The van der Waals surface area contributed by atoms with E-state index in [9.17, 15) is 31.1 Å². The van der Waals surface area contributed by atoms with Gasteiger partial charge in [0, 0.05) is 12.7 Å². The van der Waals surface area contributed by atoms with E-state index in [0.29, 0.717) is 35.4 Å². The molecule has 1 aromatic rings. The number of aryl methyl sites for hydroxylation is 1. The molecule has 1 aliphatic carbocycles. The van der Waals surface area contributed by atoms with Crippen LogP contribution in [0.2, 0.25) is 0 Å². The Morgan fingerprint density at radius 3 is 2.23 bits per heavy atom. The molecule has 8 heteroatoms. The highest BCUT2D eigenvalue weighted by atomic mass is 19.4. The number of rotatable bonds is 4. The summed E-state index contributed by atoms with van der Waals surface area (Å²) in [5.41, 5.74) is -4.66. The molecule has 124 valence electrons. The number of alkyl halides is 6. The van der Waals surface area contributed by atoms with Crippen molar-refractivity contribution in [3.8, 4) is 0 Å². The predicted octanol–water partition coefficient (Wildman–Crippen LogP) is 4.32. The van der Waals surface area contributed by atoms with E-state index in [2.05, 4.69) is 0 Å². The van der Waals surface area contributed by atoms with Crippen LogP contribution in [-0.2, 0) is 18.9 Å². The Labute approximate surface area is 122 Å². The lowest BCUT2D eigenvalue weighted by molar-refractivity contribution is -0.144. The number of hydrogen-bond donors (Lipinski definition) is 0. The van der Waals surface area contributed by atoms with Crippen LogP contribution in [-0.4, -0.2) is 4.57 Å². The summed E-state index contributed by atoms with van der Waals surface area (Å²) in [5.74, 6) is 1.01. The van der Waals surface area contributed by atoms with Crippen LogP contribution < -0.4 is 5.56 Å². The zero-order valence-corrected chi connectivity index (χ0v) is 11.8. The molecule has 2 atom stereocenters. The number of aromatic nitrogens is 1. The smallest absolute Gasteiger partial charge is 0.314 e. The van der Waals surface area contributed by atoms with Gasteiger partial charge in [0.2, 0.25) is 0 Å². The van der Waals surface area contributed by atoms with Gasteiger partial charge in [0.1, 0.15) is 5.56 Å². The number of halogens is 6. The average molecular weight is 327 g/mol. The van der Waals surface area contributed by atoms with Crippen molar-refractivity contribution in [2.24, 2.45) is 11.8 Å². The van der Waals surface area contributed by atoms with E-state index in [0.717, 1.165) is 6.42 Å². The third-order valence-electron chi connectivity index (χ3n) is 3.97. The number of nitrogens with zero attached hydrogens (tertiary/aromatic N) is 1. The van der Waals surface area contributed by atoms with Crippen molar-refractivity contribution in [1.29, 1.82) is 0 Å². The third kappa shape index (κ3) is 3.84. The first kappa shape index (κ1) is 16.9. The van der Waals surface area contributed by atoms with Crippen molar-refractivity contribution < 1.29 is 26.3 Å². The monoisotopic (exact) mass is 327 g/mol. The Kier molecular flexibility index (Phi) is 4.32. The van der Waals surface area contributed by atoms with Crippen molar-refractivity contribution in [3.05, 3.63) is 33.7 Å². The minimum Gasteiger partial charge on any atom is -0.314 e.